The number of benzene rings is 1. The van der Waals surface area contributed by atoms with Gasteiger partial charge >= 0.3 is 0 Å². The summed E-state index contributed by atoms with van der Waals surface area (Å²) in [5, 5.41) is 0. The van der Waals surface area contributed by atoms with Gasteiger partial charge in [0.15, 0.2) is 0 Å². The van der Waals surface area contributed by atoms with Crippen molar-refractivity contribution < 1.29 is 4.74 Å². The van der Waals surface area contributed by atoms with Crippen LogP contribution in [0.3, 0.4) is 0 Å². The maximum absolute atomic E-state index is 5.69. The number of alkyl halides is 1. The summed E-state index contributed by atoms with van der Waals surface area (Å²) in [6.07, 6.45) is 0.843. The van der Waals surface area contributed by atoms with E-state index >= 15 is 0 Å². The Morgan fingerprint density at radius 1 is 1.50 bits per heavy atom. The summed E-state index contributed by atoms with van der Waals surface area (Å²) >= 11 is 5.59. The number of aryl methyl sites for hydroxylation is 1. The number of anilines is 1. The second kappa shape index (κ2) is 4.21. The van der Waals surface area contributed by atoms with Gasteiger partial charge in [-0.1, -0.05) is 6.07 Å². The SMILES string of the molecule is COc1ccc(CCCl)cc1N. The monoisotopic (exact) mass is 185 g/mol. The first kappa shape index (κ1) is 9.20. The van der Waals surface area contributed by atoms with Gasteiger partial charge in [0.25, 0.3) is 0 Å². The van der Waals surface area contributed by atoms with Crippen LogP contribution in [0.4, 0.5) is 5.69 Å². The van der Waals surface area contributed by atoms with Gasteiger partial charge < -0.3 is 10.5 Å². The molecule has 0 aliphatic carbocycles. The third kappa shape index (κ3) is 2.05. The van der Waals surface area contributed by atoms with Gasteiger partial charge in [-0.05, 0) is 24.1 Å². The van der Waals surface area contributed by atoms with Crippen molar-refractivity contribution >= 4 is 17.3 Å². The van der Waals surface area contributed by atoms with E-state index in [-0.39, 0.29) is 0 Å². The van der Waals surface area contributed by atoms with Crippen molar-refractivity contribution in [2.75, 3.05) is 18.7 Å². The van der Waals surface area contributed by atoms with Crippen LogP contribution in [0, 0.1) is 0 Å². The molecule has 2 nitrogen and oxygen atoms in total. The summed E-state index contributed by atoms with van der Waals surface area (Å²) in [5.41, 5.74) is 7.50. The molecule has 0 saturated heterocycles. The van der Waals surface area contributed by atoms with Crippen LogP contribution in [-0.4, -0.2) is 13.0 Å². The Balaban J connectivity index is 2.86. The number of hydrogen-bond acceptors (Lipinski definition) is 2. The van der Waals surface area contributed by atoms with Crippen molar-refractivity contribution in [2.24, 2.45) is 0 Å². The van der Waals surface area contributed by atoms with Crippen LogP contribution in [0.2, 0.25) is 0 Å². The smallest absolute Gasteiger partial charge is 0.141 e. The normalized spacial score (nSPS) is 9.83. The van der Waals surface area contributed by atoms with E-state index in [1.165, 1.54) is 0 Å². The highest BCUT2D eigenvalue weighted by atomic mass is 35.5. The number of ether oxygens (including phenoxy) is 1. The maximum Gasteiger partial charge on any atom is 0.141 e. The molecule has 0 atom stereocenters. The molecule has 0 saturated carbocycles. The molecule has 0 aliphatic heterocycles. The van der Waals surface area contributed by atoms with Gasteiger partial charge in [-0.25, -0.2) is 0 Å². The largest absolute Gasteiger partial charge is 0.495 e. The van der Waals surface area contributed by atoms with Gasteiger partial charge in [-0.2, -0.15) is 0 Å². The number of nitrogens with two attached hydrogens (primary N) is 1. The molecule has 2 N–H and O–H groups in total. The van der Waals surface area contributed by atoms with Crippen molar-refractivity contribution in [1.82, 2.24) is 0 Å². The molecule has 0 fully saturated rings. The Labute approximate surface area is 77.3 Å². The molecular weight excluding hydrogens is 174 g/mol. The van der Waals surface area contributed by atoms with Crippen LogP contribution < -0.4 is 10.5 Å². The fourth-order valence-electron chi connectivity index (χ4n) is 1.05. The Morgan fingerprint density at radius 3 is 2.75 bits per heavy atom. The third-order valence-electron chi connectivity index (χ3n) is 1.68. The predicted molar refractivity (Wildman–Crippen MR) is 51.8 cm³/mol. The van der Waals surface area contributed by atoms with Crippen molar-refractivity contribution in [3.05, 3.63) is 23.8 Å². The summed E-state index contributed by atoms with van der Waals surface area (Å²) in [5.74, 6) is 1.33. The van der Waals surface area contributed by atoms with Gasteiger partial charge in [-0.15, -0.1) is 11.6 Å². The lowest BCUT2D eigenvalue weighted by Gasteiger charge is -2.05. The fraction of sp³-hybridized carbons (Fsp3) is 0.333. The van der Waals surface area contributed by atoms with E-state index in [4.69, 9.17) is 22.1 Å². The first-order valence-corrected chi connectivity index (χ1v) is 4.29. The standard InChI is InChI=1S/C9H12ClNO/c1-12-9-3-2-7(4-5-10)6-8(9)11/h2-3,6H,4-5,11H2,1H3. The van der Waals surface area contributed by atoms with Gasteiger partial charge in [0.05, 0.1) is 12.8 Å². The number of halogens is 1. The summed E-state index contributed by atoms with van der Waals surface area (Å²) < 4.78 is 5.02. The fourth-order valence-corrected chi connectivity index (χ4v) is 1.27. The van der Waals surface area contributed by atoms with Gasteiger partial charge in [-0.3, -0.25) is 0 Å². The van der Waals surface area contributed by atoms with Crippen molar-refractivity contribution in [2.45, 2.75) is 6.42 Å². The highest BCUT2D eigenvalue weighted by Gasteiger charge is 1.99. The Hall–Kier alpha value is -0.890. The van der Waals surface area contributed by atoms with E-state index in [0.29, 0.717) is 17.3 Å². The van der Waals surface area contributed by atoms with E-state index < -0.39 is 0 Å². The lowest BCUT2D eigenvalue weighted by Crippen LogP contribution is -1.94. The van der Waals surface area contributed by atoms with Crippen LogP contribution >= 0.6 is 11.6 Å². The molecule has 0 spiro atoms. The maximum atomic E-state index is 5.69. The molecule has 0 aromatic heterocycles. The third-order valence-corrected chi connectivity index (χ3v) is 1.87. The lowest BCUT2D eigenvalue weighted by atomic mass is 10.1. The molecule has 12 heavy (non-hydrogen) atoms. The summed E-state index contributed by atoms with van der Waals surface area (Å²) in [6.45, 7) is 0. The second-order valence-corrected chi connectivity index (χ2v) is 2.89. The van der Waals surface area contributed by atoms with Crippen molar-refractivity contribution in [3.8, 4) is 5.75 Å². The van der Waals surface area contributed by atoms with Crippen molar-refractivity contribution in [3.63, 3.8) is 0 Å². The molecule has 0 heterocycles. The van der Waals surface area contributed by atoms with Crippen LogP contribution in [0.5, 0.6) is 5.75 Å². The van der Waals surface area contributed by atoms with Gasteiger partial charge in [0.2, 0.25) is 0 Å². The van der Waals surface area contributed by atoms with Gasteiger partial charge in [0.1, 0.15) is 5.75 Å². The number of rotatable bonds is 3. The highest BCUT2D eigenvalue weighted by Crippen LogP contribution is 2.21. The van der Waals surface area contributed by atoms with E-state index in [1.54, 1.807) is 7.11 Å². The van der Waals surface area contributed by atoms with E-state index in [9.17, 15) is 0 Å². The molecular formula is C9H12ClNO. The molecule has 0 aliphatic rings. The van der Waals surface area contributed by atoms with Crippen LogP contribution in [0.15, 0.2) is 18.2 Å². The van der Waals surface area contributed by atoms with Crippen LogP contribution in [0.25, 0.3) is 0 Å². The minimum Gasteiger partial charge on any atom is -0.495 e. The van der Waals surface area contributed by atoms with Gasteiger partial charge in [0, 0.05) is 5.88 Å². The molecule has 1 aromatic rings. The zero-order valence-corrected chi connectivity index (χ0v) is 7.77. The average molecular weight is 186 g/mol. The van der Waals surface area contributed by atoms with E-state index in [1.807, 2.05) is 18.2 Å². The molecule has 1 aromatic carbocycles. The highest BCUT2D eigenvalue weighted by molar-refractivity contribution is 6.17. The molecule has 66 valence electrons. The Bertz CT molecular complexity index is 263. The molecule has 0 unspecified atom stereocenters. The minimum atomic E-state index is 0.617. The Morgan fingerprint density at radius 2 is 2.25 bits per heavy atom. The Kier molecular flexibility index (Phi) is 3.23. The topological polar surface area (TPSA) is 35.2 Å². The average Bonchev–Trinajstić information content (AvgIpc) is 2.05. The van der Waals surface area contributed by atoms with E-state index in [0.717, 1.165) is 12.0 Å². The zero-order valence-electron chi connectivity index (χ0n) is 7.01. The number of methoxy groups -OCH3 is 1. The van der Waals surface area contributed by atoms with Crippen LogP contribution in [-0.2, 0) is 6.42 Å². The summed E-state index contributed by atoms with van der Waals surface area (Å²) in [6, 6.07) is 5.72. The van der Waals surface area contributed by atoms with Crippen molar-refractivity contribution in [1.29, 1.82) is 0 Å². The lowest BCUT2D eigenvalue weighted by molar-refractivity contribution is 0.417. The predicted octanol–water partition coefficient (Wildman–Crippen LogP) is 2.06. The van der Waals surface area contributed by atoms with E-state index in [2.05, 4.69) is 0 Å². The number of nitrogen functional groups attached to an aromatic ring is 1. The molecule has 0 bridgehead atoms. The molecule has 0 amide bonds. The second-order valence-electron chi connectivity index (χ2n) is 2.52. The molecule has 1 rings (SSSR count). The van der Waals surface area contributed by atoms with Crippen LogP contribution in [0.1, 0.15) is 5.56 Å². The summed E-state index contributed by atoms with van der Waals surface area (Å²) in [4.78, 5) is 0. The minimum absolute atomic E-state index is 0.617. The first-order chi connectivity index (χ1) is 5.77. The quantitative estimate of drug-likeness (QED) is 0.578. The number of hydrogen-bond donors (Lipinski definition) is 1. The zero-order chi connectivity index (χ0) is 8.97. The molecule has 0 radical (unpaired) electrons. The molecule has 3 heteroatoms. The first-order valence-electron chi connectivity index (χ1n) is 3.76. The summed E-state index contributed by atoms with van der Waals surface area (Å²) in [7, 11) is 1.60.